The van der Waals surface area contributed by atoms with Gasteiger partial charge in [-0.25, -0.2) is 4.79 Å². The highest BCUT2D eigenvalue weighted by Crippen LogP contribution is 2.25. The zero-order chi connectivity index (χ0) is 19.4. The lowest BCUT2D eigenvalue weighted by Gasteiger charge is -2.40. The Balaban J connectivity index is 1.37. The van der Waals surface area contributed by atoms with Gasteiger partial charge in [0.1, 0.15) is 11.4 Å². The van der Waals surface area contributed by atoms with E-state index in [1.165, 1.54) is 11.1 Å². The monoisotopic (exact) mass is 374 g/mol. The molecule has 27 heavy (non-hydrogen) atoms. The van der Waals surface area contributed by atoms with Gasteiger partial charge in [-0.15, -0.1) is 0 Å². The fourth-order valence-corrected chi connectivity index (χ4v) is 3.15. The number of fused-ring (bicyclic) bond motifs is 1. The molecule has 0 unspecified atom stereocenters. The standard InChI is InChI=1S/C20H30N4O3/c1-20(2,3)27-19(25)24-12-16(13-24)23-18(21-4)22-9-7-14-5-6-17-15(11-14)8-10-26-17/h5-6,11,16H,7-10,12-13H2,1-4H3,(H2,21,22,23). The molecule has 2 N–H and O–H groups in total. The van der Waals surface area contributed by atoms with Crippen LogP contribution in [0.25, 0.3) is 0 Å². The molecule has 148 valence electrons. The molecule has 1 fully saturated rings. The first-order valence-corrected chi connectivity index (χ1v) is 9.54. The van der Waals surface area contributed by atoms with Crippen LogP contribution in [-0.4, -0.2) is 61.9 Å². The van der Waals surface area contributed by atoms with Crippen molar-refractivity contribution in [2.24, 2.45) is 4.99 Å². The van der Waals surface area contributed by atoms with Gasteiger partial charge in [0.15, 0.2) is 5.96 Å². The van der Waals surface area contributed by atoms with Crippen LogP contribution in [0.2, 0.25) is 0 Å². The Hall–Kier alpha value is -2.44. The minimum absolute atomic E-state index is 0.195. The molecule has 0 aromatic heterocycles. The summed E-state index contributed by atoms with van der Waals surface area (Å²) in [4.78, 5) is 17.9. The number of guanidine groups is 1. The van der Waals surface area contributed by atoms with Gasteiger partial charge >= 0.3 is 6.09 Å². The minimum atomic E-state index is -0.461. The molecule has 2 heterocycles. The summed E-state index contributed by atoms with van der Waals surface area (Å²) in [5, 5.41) is 6.69. The maximum atomic E-state index is 12.0. The molecule has 1 aromatic rings. The number of hydrogen-bond donors (Lipinski definition) is 2. The van der Waals surface area contributed by atoms with E-state index in [0.717, 1.165) is 37.7 Å². The molecule has 0 aliphatic carbocycles. The molecule has 2 aliphatic rings. The molecular weight excluding hydrogens is 344 g/mol. The third kappa shape index (κ3) is 5.28. The maximum Gasteiger partial charge on any atom is 0.410 e. The molecular formula is C20H30N4O3. The van der Waals surface area contributed by atoms with E-state index >= 15 is 0 Å². The van der Waals surface area contributed by atoms with Crippen LogP contribution in [0.5, 0.6) is 5.75 Å². The van der Waals surface area contributed by atoms with Gasteiger partial charge in [-0.1, -0.05) is 12.1 Å². The second-order valence-corrected chi connectivity index (χ2v) is 8.02. The molecule has 0 radical (unpaired) electrons. The smallest absolute Gasteiger partial charge is 0.410 e. The van der Waals surface area contributed by atoms with Gasteiger partial charge in [-0.2, -0.15) is 0 Å². The molecule has 0 atom stereocenters. The largest absolute Gasteiger partial charge is 0.493 e. The molecule has 3 rings (SSSR count). The topological polar surface area (TPSA) is 75.2 Å². The maximum absolute atomic E-state index is 12.0. The summed E-state index contributed by atoms with van der Waals surface area (Å²) >= 11 is 0. The number of likely N-dealkylation sites (tertiary alicyclic amines) is 1. The van der Waals surface area contributed by atoms with Crippen molar-refractivity contribution in [2.45, 2.75) is 45.3 Å². The molecule has 0 spiro atoms. The van der Waals surface area contributed by atoms with E-state index in [9.17, 15) is 4.79 Å². The number of nitrogens with one attached hydrogen (secondary N) is 2. The molecule has 0 saturated carbocycles. The predicted molar refractivity (Wildman–Crippen MR) is 105 cm³/mol. The predicted octanol–water partition coefficient (Wildman–Crippen LogP) is 1.95. The SMILES string of the molecule is CN=C(NCCc1ccc2c(c1)CCO2)NC1CN(C(=O)OC(C)(C)C)C1. The molecule has 2 aliphatic heterocycles. The molecule has 1 amide bonds. The Bertz CT molecular complexity index is 706. The van der Waals surface area contributed by atoms with E-state index in [4.69, 9.17) is 9.47 Å². The highest BCUT2D eigenvalue weighted by atomic mass is 16.6. The second kappa shape index (κ2) is 8.06. The van der Waals surface area contributed by atoms with Gasteiger partial charge in [-0.3, -0.25) is 4.99 Å². The lowest BCUT2D eigenvalue weighted by atomic mass is 10.1. The summed E-state index contributed by atoms with van der Waals surface area (Å²) in [5.41, 5.74) is 2.13. The fraction of sp³-hybridized carbons (Fsp3) is 0.600. The zero-order valence-electron chi connectivity index (χ0n) is 16.7. The Morgan fingerprint density at radius 3 is 2.85 bits per heavy atom. The summed E-state index contributed by atoms with van der Waals surface area (Å²) in [6.45, 7) is 8.46. The Morgan fingerprint density at radius 1 is 1.37 bits per heavy atom. The first-order chi connectivity index (χ1) is 12.8. The highest BCUT2D eigenvalue weighted by Gasteiger charge is 2.34. The number of benzene rings is 1. The van der Waals surface area contributed by atoms with Crippen LogP contribution in [0.15, 0.2) is 23.2 Å². The van der Waals surface area contributed by atoms with Crippen molar-refractivity contribution in [2.75, 3.05) is 33.3 Å². The molecule has 7 heteroatoms. The lowest BCUT2D eigenvalue weighted by Crippen LogP contribution is -2.63. The van der Waals surface area contributed by atoms with Gasteiger partial charge in [-0.05, 0) is 44.4 Å². The average Bonchev–Trinajstić information content (AvgIpc) is 3.01. The van der Waals surface area contributed by atoms with E-state index in [1.54, 1.807) is 11.9 Å². The third-order valence-electron chi connectivity index (χ3n) is 4.56. The van der Waals surface area contributed by atoms with Crippen LogP contribution in [0, 0.1) is 0 Å². The fourth-order valence-electron chi connectivity index (χ4n) is 3.15. The van der Waals surface area contributed by atoms with Gasteiger partial charge < -0.3 is 25.0 Å². The lowest BCUT2D eigenvalue weighted by molar-refractivity contribution is 0.00701. The Morgan fingerprint density at radius 2 is 2.15 bits per heavy atom. The summed E-state index contributed by atoms with van der Waals surface area (Å²) in [6, 6.07) is 6.60. The summed E-state index contributed by atoms with van der Waals surface area (Å²) < 4.78 is 10.9. The van der Waals surface area contributed by atoms with Crippen molar-refractivity contribution in [3.05, 3.63) is 29.3 Å². The third-order valence-corrected chi connectivity index (χ3v) is 4.56. The summed E-state index contributed by atoms with van der Waals surface area (Å²) in [5.74, 6) is 1.78. The number of rotatable bonds is 4. The van der Waals surface area contributed by atoms with Gasteiger partial charge in [0.25, 0.3) is 0 Å². The average molecular weight is 374 g/mol. The number of ether oxygens (including phenoxy) is 2. The van der Waals surface area contributed by atoms with Crippen LogP contribution < -0.4 is 15.4 Å². The quantitative estimate of drug-likeness (QED) is 0.622. The number of aliphatic imine (C=N–C) groups is 1. The van der Waals surface area contributed by atoms with E-state index in [-0.39, 0.29) is 12.1 Å². The number of amides is 1. The van der Waals surface area contributed by atoms with Crippen LogP contribution >= 0.6 is 0 Å². The molecule has 7 nitrogen and oxygen atoms in total. The van der Waals surface area contributed by atoms with Crippen molar-refractivity contribution in [1.82, 2.24) is 15.5 Å². The zero-order valence-corrected chi connectivity index (χ0v) is 16.7. The summed E-state index contributed by atoms with van der Waals surface area (Å²) in [6.07, 6.45) is 1.65. The highest BCUT2D eigenvalue weighted by molar-refractivity contribution is 5.80. The van der Waals surface area contributed by atoms with Crippen LogP contribution in [0.3, 0.4) is 0 Å². The first-order valence-electron chi connectivity index (χ1n) is 9.54. The Labute approximate surface area is 161 Å². The van der Waals surface area contributed by atoms with E-state index in [0.29, 0.717) is 13.1 Å². The van der Waals surface area contributed by atoms with E-state index in [1.807, 2.05) is 20.8 Å². The number of nitrogens with zero attached hydrogens (tertiary/aromatic N) is 2. The molecule has 1 aromatic carbocycles. The van der Waals surface area contributed by atoms with Gasteiger partial charge in [0.2, 0.25) is 0 Å². The van der Waals surface area contributed by atoms with Gasteiger partial charge in [0, 0.05) is 33.1 Å². The van der Waals surface area contributed by atoms with E-state index in [2.05, 4.69) is 33.8 Å². The van der Waals surface area contributed by atoms with Crippen molar-refractivity contribution < 1.29 is 14.3 Å². The van der Waals surface area contributed by atoms with Gasteiger partial charge in [0.05, 0.1) is 12.6 Å². The minimum Gasteiger partial charge on any atom is -0.493 e. The number of carbonyl (C=O) groups is 1. The number of hydrogen-bond acceptors (Lipinski definition) is 4. The van der Waals surface area contributed by atoms with Crippen molar-refractivity contribution in [3.63, 3.8) is 0 Å². The first kappa shape index (κ1) is 19.3. The van der Waals surface area contributed by atoms with Crippen molar-refractivity contribution >= 4 is 12.1 Å². The Kier molecular flexibility index (Phi) is 5.77. The van der Waals surface area contributed by atoms with Crippen LogP contribution in [-0.2, 0) is 17.6 Å². The second-order valence-electron chi connectivity index (χ2n) is 8.02. The van der Waals surface area contributed by atoms with E-state index < -0.39 is 5.60 Å². The van der Waals surface area contributed by atoms with Crippen LogP contribution in [0.4, 0.5) is 4.79 Å². The normalized spacial score (nSPS) is 17.0. The van der Waals surface area contributed by atoms with Crippen molar-refractivity contribution in [1.29, 1.82) is 0 Å². The molecule has 0 bridgehead atoms. The van der Waals surface area contributed by atoms with Crippen molar-refractivity contribution in [3.8, 4) is 5.75 Å². The summed E-state index contributed by atoms with van der Waals surface area (Å²) in [7, 11) is 1.76. The molecule has 1 saturated heterocycles. The van der Waals surface area contributed by atoms with Crippen LogP contribution in [0.1, 0.15) is 31.9 Å². The number of carbonyl (C=O) groups excluding carboxylic acids is 1.